The van der Waals surface area contributed by atoms with Gasteiger partial charge in [-0.15, -0.1) is 0 Å². The lowest BCUT2D eigenvalue weighted by Gasteiger charge is -2.30. The summed E-state index contributed by atoms with van der Waals surface area (Å²) < 4.78 is 30.0. The van der Waals surface area contributed by atoms with Gasteiger partial charge in [0.05, 0.1) is 12.2 Å². The first-order valence-corrected chi connectivity index (χ1v) is 10.8. The summed E-state index contributed by atoms with van der Waals surface area (Å²) in [5.74, 6) is 0.0458. The number of aromatic nitrogens is 1. The Morgan fingerprint density at radius 3 is 2.70 bits per heavy atom. The smallest absolute Gasteiger partial charge is 0.302 e. The molecule has 8 heteroatoms. The summed E-state index contributed by atoms with van der Waals surface area (Å²) in [5.41, 5.74) is 4.33. The van der Waals surface area contributed by atoms with Gasteiger partial charge in [0.25, 0.3) is 0 Å². The summed E-state index contributed by atoms with van der Waals surface area (Å²) in [4.78, 5) is 3.35. The van der Waals surface area contributed by atoms with E-state index in [2.05, 4.69) is 9.71 Å². The number of hydrogen-bond acceptors (Lipinski definition) is 2. The van der Waals surface area contributed by atoms with Gasteiger partial charge in [-0.3, -0.25) is 4.72 Å². The van der Waals surface area contributed by atoms with Crippen molar-refractivity contribution in [2.24, 2.45) is 0 Å². The van der Waals surface area contributed by atoms with E-state index in [1.165, 1.54) is 4.31 Å². The SMILES string of the molecule is Cc1cc(NS(=O)(=O)N2Cc3[nH]c4ccc(Cl)cc4c3C(C)C2)ccc1Cl. The van der Waals surface area contributed by atoms with Crippen molar-refractivity contribution in [2.75, 3.05) is 11.3 Å². The molecule has 3 aromatic rings. The number of H-pyrrole nitrogens is 1. The van der Waals surface area contributed by atoms with Gasteiger partial charge < -0.3 is 4.98 Å². The Labute approximate surface area is 168 Å². The predicted molar refractivity (Wildman–Crippen MR) is 111 cm³/mol. The highest BCUT2D eigenvalue weighted by atomic mass is 35.5. The van der Waals surface area contributed by atoms with E-state index >= 15 is 0 Å². The largest absolute Gasteiger partial charge is 0.357 e. The van der Waals surface area contributed by atoms with Crippen LogP contribution in [0.4, 0.5) is 5.69 Å². The van der Waals surface area contributed by atoms with Gasteiger partial charge in [-0.1, -0.05) is 30.1 Å². The number of anilines is 1. The molecular weight excluding hydrogens is 405 g/mol. The third kappa shape index (κ3) is 3.43. The van der Waals surface area contributed by atoms with Crippen LogP contribution in [-0.2, 0) is 16.8 Å². The molecule has 0 saturated heterocycles. The fourth-order valence-electron chi connectivity index (χ4n) is 3.67. The predicted octanol–water partition coefficient (Wildman–Crippen LogP) is 5.06. The van der Waals surface area contributed by atoms with Crippen LogP contribution >= 0.6 is 23.2 Å². The number of nitrogens with one attached hydrogen (secondary N) is 2. The molecule has 0 spiro atoms. The molecule has 0 aliphatic carbocycles. The van der Waals surface area contributed by atoms with E-state index in [1.54, 1.807) is 18.2 Å². The zero-order valence-corrected chi connectivity index (χ0v) is 17.2. The minimum Gasteiger partial charge on any atom is -0.357 e. The normalized spacial score (nSPS) is 17.9. The van der Waals surface area contributed by atoms with Crippen molar-refractivity contribution in [2.45, 2.75) is 26.3 Å². The topological polar surface area (TPSA) is 65.2 Å². The van der Waals surface area contributed by atoms with Crippen molar-refractivity contribution < 1.29 is 8.42 Å². The zero-order valence-electron chi connectivity index (χ0n) is 14.9. The van der Waals surface area contributed by atoms with E-state index in [-0.39, 0.29) is 12.5 Å². The highest BCUT2D eigenvalue weighted by Crippen LogP contribution is 2.36. The molecule has 0 saturated carbocycles. The van der Waals surface area contributed by atoms with Crippen LogP contribution in [0.1, 0.15) is 29.7 Å². The Kier molecular flexibility index (Phi) is 4.63. The van der Waals surface area contributed by atoms with Crippen molar-refractivity contribution in [3.05, 3.63) is 63.3 Å². The first-order valence-electron chi connectivity index (χ1n) is 8.58. The number of fused-ring (bicyclic) bond motifs is 3. The summed E-state index contributed by atoms with van der Waals surface area (Å²) >= 11 is 12.2. The molecule has 1 atom stereocenters. The quantitative estimate of drug-likeness (QED) is 0.617. The van der Waals surface area contributed by atoms with Crippen LogP contribution in [0, 0.1) is 6.92 Å². The lowest BCUT2D eigenvalue weighted by molar-refractivity contribution is 0.364. The van der Waals surface area contributed by atoms with Gasteiger partial charge in [0.1, 0.15) is 0 Å². The summed E-state index contributed by atoms with van der Waals surface area (Å²) in [5, 5.41) is 2.33. The molecular formula is C19H19Cl2N3O2S. The Morgan fingerprint density at radius 2 is 1.96 bits per heavy atom. The molecule has 5 nitrogen and oxygen atoms in total. The molecule has 2 aromatic carbocycles. The molecule has 1 aliphatic rings. The highest BCUT2D eigenvalue weighted by molar-refractivity contribution is 7.90. The minimum absolute atomic E-state index is 0.0458. The Hall–Kier alpha value is -1.73. The van der Waals surface area contributed by atoms with Gasteiger partial charge >= 0.3 is 10.2 Å². The van der Waals surface area contributed by atoms with Crippen LogP contribution in [0.15, 0.2) is 36.4 Å². The molecule has 0 amide bonds. The van der Waals surface area contributed by atoms with E-state index in [4.69, 9.17) is 23.2 Å². The van der Waals surface area contributed by atoms with Crippen LogP contribution in [0.25, 0.3) is 10.9 Å². The fraction of sp³-hybridized carbons (Fsp3) is 0.263. The summed E-state index contributed by atoms with van der Waals surface area (Å²) in [7, 11) is -3.69. The van der Waals surface area contributed by atoms with Crippen molar-refractivity contribution in [3.8, 4) is 0 Å². The third-order valence-corrected chi connectivity index (χ3v) is 7.04. The average molecular weight is 424 g/mol. The summed E-state index contributed by atoms with van der Waals surface area (Å²) in [6.45, 7) is 4.55. The van der Waals surface area contributed by atoms with Crippen molar-refractivity contribution >= 4 is 50.0 Å². The van der Waals surface area contributed by atoms with E-state index in [0.29, 0.717) is 22.3 Å². The van der Waals surface area contributed by atoms with Gasteiger partial charge in [-0.25, -0.2) is 0 Å². The summed E-state index contributed by atoms with van der Waals surface area (Å²) in [6.07, 6.45) is 0. The number of aryl methyl sites for hydroxylation is 1. The molecule has 1 unspecified atom stereocenters. The van der Waals surface area contributed by atoms with E-state index in [9.17, 15) is 8.42 Å². The van der Waals surface area contributed by atoms with Crippen LogP contribution in [-0.4, -0.2) is 24.3 Å². The first-order chi connectivity index (χ1) is 12.7. The molecule has 2 heterocycles. The van der Waals surface area contributed by atoms with Crippen molar-refractivity contribution in [1.29, 1.82) is 0 Å². The number of benzene rings is 2. The maximum Gasteiger partial charge on any atom is 0.302 e. The third-order valence-electron chi connectivity index (χ3n) is 4.93. The molecule has 1 aliphatic heterocycles. The number of aromatic amines is 1. The van der Waals surface area contributed by atoms with E-state index in [0.717, 1.165) is 27.7 Å². The van der Waals surface area contributed by atoms with Crippen molar-refractivity contribution in [3.63, 3.8) is 0 Å². The van der Waals surface area contributed by atoms with E-state index in [1.807, 2.05) is 32.0 Å². The van der Waals surface area contributed by atoms with Crippen LogP contribution in [0.5, 0.6) is 0 Å². The molecule has 1 aromatic heterocycles. The molecule has 142 valence electrons. The minimum atomic E-state index is -3.69. The Morgan fingerprint density at radius 1 is 1.19 bits per heavy atom. The van der Waals surface area contributed by atoms with Gasteiger partial charge in [-0.2, -0.15) is 12.7 Å². The molecule has 0 bridgehead atoms. The van der Waals surface area contributed by atoms with Gasteiger partial charge in [0.15, 0.2) is 0 Å². The average Bonchev–Trinajstić information content (AvgIpc) is 2.96. The maximum absolute atomic E-state index is 12.9. The highest BCUT2D eigenvalue weighted by Gasteiger charge is 2.33. The second-order valence-electron chi connectivity index (χ2n) is 6.97. The number of halogens is 2. The first kappa shape index (κ1) is 18.6. The Bertz CT molecular complexity index is 1140. The zero-order chi connectivity index (χ0) is 19.3. The van der Waals surface area contributed by atoms with Crippen LogP contribution in [0.3, 0.4) is 0 Å². The molecule has 4 rings (SSSR count). The second kappa shape index (κ2) is 6.71. The van der Waals surface area contributed by atoms with Crippen LogP contribution in [0.2, 0.25) is 10.0 Å². The lowest BCUT2D eigenvalue weighted by atomic mass is 9.95. The monoisotopic (exact) mass is 423 g/mol. The molecule has 2 N–H and O–H groups in total. The van der Waals surface area contributed by atoms with Gasteiger partial charge in [0, 0.05) is 33.2 Å². The maximum atomic E-state index is 12.9. The number of rotatable bonds is 3. The van der Waals surface area contributed by atoms with Crippen molar-refractivity contribution in [1.82, 2.24) is 9.29 Å². The fourth-order valence-corrected chi connectivity index (χ4v) is 5.23. The van der Waals surface area contributed by atoms with E-state index < -0.39 is 10.2 Å². The lowest BCUT2D eigenvalue weighted by Crippen LogP contribution is -2.40. The number of hydrogen-bond donors (Lipinski definition) is 2. The van der Waals surface area contributed by atoms with Gasteiger partial charge in [-0.05, 0) is 60.4 Å². The molecule has 0 radical (unpaired) electrons. The second-order valence-corrected chi connectivity index (χ2v) is 9.49. The number of nitrogens with zero attached hydrogens (tertiary/aromatic N) is 1. The van der Waals surface area contributed by atoms with Gasteiger partial charge in [0.2, 0.25) is 0 Å². The standard InChI is InChI=1S/C19H19Cl2N3O2S/c1-11-7-14(4-5-16(11)21)23-27(25,26)24-9-12(2)19-15-8-13(20)3-6-17(15)22-18(19)10-24/h3-8,12,22-23H,9-10H2,1-2H3. The Balaban J connectivity index is 1.65. The van der Waals surface area contributed by atoms with Crippen LogP contribution < -0.4 is 4.72 Å². The molecule has 0 fully saturated rings. The summed E-state index contributed by atoms with van der Waals surface area (Å²) in [6, 6.07) is 10.8. The molecule has 27 heavy (non-hydrogen) atoms.